The van der Waals surface area contributed by atoms with E-state index in [2.05, 4.69) is 12.2 Å². The van der Waals surface area contributed by atoms with E-state index in [0.717, 1.165) is 32.5 Å². The first-order valence-corrected chi connectivity index (χ1v) is 7.37. The Labute approximate surface area is 91.3 Å². The van der Waals surface area contributed by atoms with Gasteiger partial charge in [0, 0.05) is 18.2 Å². The number of nitrogens with one attached hydrogen (secondary N) is 1. The van der Waals surface area contributed by atoms with Gasteiger partial charge in [0.1, 0.15) is 9.84 Å². The van der Waals surface area contributed by atoms with E-state index in [-0.39, 0.29) is 5.54 Å². The van der Waals surface area contributed by atoms with E-state index in [1.54, 1.807) is 0 Å². The standard InChI is InChI=1S/C10H19NO3S/c1-10(4-5-14-8-10)11-9-2-6-15(12,13)7-3-9/h9,11H,2-8H2,1H3. The third kappa shape index (κ3) is 2.92. The average molecular weight is 233 g/mol. The molecule has 0 aromatic heterocycles. The Morgan fingerprint density at radius 2 is 2.00 bits per heavy atom. The quantitative estimate of drug-likeness (QED) is 0.747. The maximum Gasteiger partial charge on any atom is 0.150 e. The highest BCUT2D eigenvalue weighted by Crippen LogP contribution is 2.21. The maximum absolute atomic E-state index is 11.3. The normalized spacial score (nSPS) is 36.9. The van der Waals surface area contributed by atoms with Crippen LogP contribution in [0.2, 0.25) is 0 Å². The zero-order valence-corrected chi connectivity index (χ0v) is 9.98. The molecule has 4 nitrogen and oxygen atoms in total. The third-order valence-corrected chi connectivity index (χ3v) is 5.04. The number of hydrogen-bond donors (Lipinski definition) is 1. The van der Waals surface area contributed by atoms with Gasteiger partial charge in [0.15, 0.2) is 0 Å². The third-order valence-electron chi connectivity index (χ3n) is 3.33. The Balaban J connectivity index is 1.86. The Kier molecular flexibility index (Phi) is 3.05. The van der Waals surface area contributed by atoms with Crippen LogP contribution in [-0.4, -0.2) is 44.7 Å². The van der Waals surface area contributed by atoms with Crippen LogP contribution >= 0.6 is 0 Å². The Morgan fingerprint density at radius 1 is 1.33 bits per heavy atom. The molecule has 2 heterocycles. The number of hydrogen-bond acceptors (Lipinski definition) is 4. The minimum atomic E-state index is -2.74. The van der Waals surface area contributed by atoms with Crippen molar-refractivity contribution >= 4 is 9.84 Å². The van der Waals surface area contributed by atoms with Crippen LogP contribution in [0, 0.1) is 0 Å². The van der Waals surface area contributed by atoms with Crippen molar-refractivity contribution in [3.05, 3.63) is 0 Å². The van der Waals surface area contributed by atoms with Crippen LogP contribution in [-0.2, 0) is 14.6 Å². The maximum atomic E-state index is 11.3. The van der Waals surface area contributed by atoms with Crippen LogP contribution in [0.25, 0.3) is 0 Å². The molecule has 0 saturated carbocycles. The van der Waals surface area contributed by atoms with Gasteiger partial charge >= 0.3 is 0 Å². The lowest BCUT2D eigenvalue weighted by molar-refractivity contribution is 0.165. The Morgan fingerprint density at radius 3 is 2.53 bits per heavy atom. The molecule has 0 radical (unpaired) electrons. The molecule has 1 atom stereocenters. The van der Waals surface area contributed by atoms with E-state index >= 15 is 0 Å². The second kappa shape index (κ2) is 4.03. The largest absolute Gasteiger partial charge is 0.379 e. The second-order valence-corrected chi connectivity index (χ2v) is 7.24. The van der Waals surface area contributed by atoms with Gasteiger partial charge in [0.05, 0.1) is 18.1 Å². The summed E-state index contributed by atoms with van der Waals surface area (Å²) in [5, 5.41) is 3.54. The zero-order valence-electron chi connectivity index (χ0n) is 9.16. The fraction of sp³-hybridized carbons (Fsp3) is 1.00. The number of rotatable bonds is 2. The highest BCUT2D eigenvalue weighted by atomic mass is 32.2. The number of ether oxygens (including phenoxy) is 1. The van der Waals surface area contributed by atoms with Crippen LogP contribution in [0.4, 0.5) is 0 Å². The van der Waals surface area contributed by atoms with Crippen molar-refractivity contribution in [2.24, 2.45) is 0 Å². The van der Waals surface area contributed by atoms with Crippen molar-refractivity contribution in [2.75, 3.05) is 24.7 Å². The van der Waals surface area contributed by atoms with Crippen LogP contribution in [0.15, 0.2) is 0 Å². The van der Waals surface area contributed by atoms with Crippen molar-refractivity contribution in [2.45, 2.75) is 37.8 Å². The molecular formula is C10H19NO3S. The summed E-state index contributed by atoms with van der Waals surface area (Å²) in [4.78, 5) is 0. The van der Waals surface area contributed by atoms with Gasteiger partial charge in [-0.2, -0.15) is 0 Å². The minimum absolute atomic E-state index is 0.0613. The van der Waals surface area contributed by atoms with E-state index in [1.807, 2.05) is 0 Å². The summed E-state index contributed by atoms with van der Waals surface area (Å²) in [6.07, 6.45) is 2.52. The molecule has 1 N–H and O–H groups in total. The molecule has 0 spiro atoms. The molecule has 0 aromatic carbocycles. The van der Waals surface area contributed by atoms with Gasteiger partial charge in [-0.05, 0) is 26.2 Å². The molecule has 2 saturated heterocycles. The van der Waals surface area contributed by atoms with Gasteiger partial charge in [-0.15, -0.1) is 0 Å². The van der Waals surface area contributed by atoms with Crippen molar-refractivity contribution < 1.29 is 13.2 Å². The van der Waals surface area contributed by atoms with Gasteiger partial charge in [-0.3, -0.25) is 0 Å². The first-order valence-electron chi connectivity index (χ1n) is 5.55. The minimum Gasteiger partial charge on any atom is -0.379 e. The first-order chi connectivity index (χ1) is 6.99. The molecular weight excluding hydrogens is 214 g/mol. The summed E-state index contributed by atoms with van der Waals surface area (Å²) in [6, 6.07) is 0.347. The summed E-state index contributed by atoms with van der Waals surface area (Å²) in [5.41, 5.74) is 0.0613. The van der Waals surface area contributed by atoms with Gasteiger partial charge in [0.25, 0.3) is 0 Å². The van der Waals surface area contributed by atoms with E-state index in [0.29, 0.717) is 17.5 Å². The average Bonchev–Trinajstić information content (AvgIpc) is 2.57. The number of sulfone groups is 1. The van der Waals surface area contributed by atoms with Crippen molar-refractivity contribution in [3.63, 3.8) is 0 Å². The predicted molar refractivity (Wildman–Crippen MR) is 58.7 cm³/mol. The highest BCUT2D eigenvalue weighted by Gasteiger charge is 2.33. The summed E-state index contributed by atoms with van der Waals surface area (Å²) in [6.45, 7) is 3.72. The van der Waals surface area contributed by atoms with Crippen molar-refractivity contribution in [1.82, 2.24) is 5.32 Å². The van der Waals surface area contributed by atoms with Crippen LogP contribution < -0.4 is 5.32 Å². The lowest BCUT2D eigenvalue weighted by atomic mass is 9.98. The van der Waals surface area contributed by atoms with Gasteiger partial charge in [-0.25, -0.2) is 8.42 Å². The second-order valence-electron chi connectivity index (χ2n) is 4.93. The fourth-order valence-corrected chi connectivity index (χ4v) is 3.80. The summed E-state index contributed by atoms with van der Waals surface area (Å²) in [5.74, 6) is 0.670. The van der Waals surface area contributed by atoms with Crippen molar-refractivity contribution in [3.8, 4) is 0 Å². The Bertz CT molecular complexity index is 306. The van der Waals surface area contributed by atoms with Gasteiger partial charge < -0.3 is 10.1 Å². The molecule has 2 aliphatic rings. The summed E-state index contributed by atoms with van der Waals surface area (Å²) < 4.78 is 27.9. The van der Waals surface area contributed by atoms with Gasteiger partial charge in [-0.1, -0.05) is 0 Å². The zero-order chi connectivity index (χ0) is 10.9. The molecule has 2 rings (SSSR count). The lowest BCUT2D eigenvalue weighted by Gasteiger charge is -2.32. The summed E-state index contributed by atoms with van der Waals surface area (Å²) in [7, 11) is -2.74. The molecule has 2 fully saturated rings. The first kappa shape index (κ1) is 11.4. The van der Waals surface area contributed by atoms with Crippen LogP contribution in [0.3, 0.4) is 0 Å². The van der Waals surface area contributed by atoms with E-state index in [4.69, 9.17) is 4.74 Å². The smallest absolute Gasteiger partial charge is 0.150 e. The van der Waals surface area contributed by atoms with Gasteiger partial charge in [0.2, 0.25) is 0 Å². The molecule has 2 aliphatic heterocycles. The monoisotopic (exact) mass is 233 g/mol. The van der Waals surface area contributed by atoms with Crippen LogP contribution in [0.1, 0.15) is 26.2 Å². The van der Waals surface area contributed by atoms with E-state index < -0.39 is 9.84 Å². The topological polar surface area (TPSA) is 55.4 Å². The van der Waals surface area contributed by atoms with Crippen LogP contribution in [0.5, 0.6) is 0 Å². The molecule has 15 heavy (non-hydrogen) atoms. The highest BCUT2D eigenvalue weighted by molar-refractivity contribution is 7.91. The molecule has 0 amide bonds. The molecule has 0 bridgehead atoms. The van der Waals surface area contributed by atoms with Crippen molar-refractivity contribution in [1.29, 1.82) is 0 Å². The molecule has 1 unspecified atom stereocenters. The SMILES string of the molecule is CC1(NC2CCS(=O)(=O)CC2)CCOC1. The molecule has 0 aromatic rings. The summed E-state index contributed by atoms with van der Waals surface area (Å²) >= 11 is 0. The molecule has 5 heteroatoms. The predicted octanol–water partition coefficient (Wildman–Crippen LogP) is 0.332. The molecule has 0 aliphatic carbocycles. The Hall–Kier alpha value is -0.130. The fourth-order valence-electron chi connectivity index (χ4n) is 2.31. The van der Waals surface area contributed by atoms with E-state index in [9.17, 15) is 8.42 Å². The molecule has 88 valence electrons. The van der Waals surface area contributed by atoms with E-state index in [1.165, 1.54) is 0 Å². The lowest BCUT2D eigenvalue weighted by Crippen LogP contribution is -2.51.